The van der Waals surface area contributed by atoms with Crippen molar-refractivity contribution < 1.29 is 0 Å². The van der Waals surface area contributed by atoms with E-state index in [-0.39, 0.29) is 0 Å². The van der Waals surface area contributed by atoms with Gasteiger partial charge in [-0.3, -0.25) is 13.7 Å². The molecule has 76 heavy (non-hydrogen) atoms. The van der Waals surface area contributed by atoms with Crippen LogP contribution in [-0.4, -0.2) is 33.2 Å². The normalized spacial score (nSPS) is 11.9. The van der Waals surface area contributed by atoms with Crippen LogP contribution in [0.3, 0.4) is 0 Å². The van der Waals surface area contributed by atoms with E-state index in [0.717, 1.165) is 82.2 Å². The zero-order valence-electron chi connectivity index (χ0n) is 41.0. The molecule has 0 saturated carbocycles. The van der Waals surface area contributed by atoms with Crippen LogP contribution in [0.2, 0.25) is 0 Å². The first-order valence-corrected chi connectivity index (χ1v) is 25.8. The molecule has 0 aliphatic heterocycles. The van der Waals surface area contributed by atoms with Crippen LogP contribution >= 0.6 is 0 Å². The van der Waals surface area contributed by atoms with Gasteiger partial charge in [0, 0.05) is 48.8 Å². The molecule has 16 aromatic rings. The molecule has 5 aromatic heterocycles. The fourth-order valence-electron chi connectivity index (χ4n) is 12.0. The minimum atomic E-state index is 0.532. The molecule has 0 atom stereocenters. The molecule has 7 nitrogen and oxygen atoms in total. The second-order valence-electron chi connectivity index (χ2n) is 19.6. The number of benzene rings is 11. The molecule has 5 heterocycles. The lowest BCUT2D eigenvalue weighted by Gasteiger charge is -2.14. The van der Waals surface area contributed by atoms with Gasteiger partial charge in [0.15, 0.2) is 0 Å². The molecule has 0 aliphatic carbocycles. The molecule has 0 spiro atoms. The number of hydrogen-bond acceptors (Lipinski definition) is 3. The molecule has 11 aromatic carbocycles. The Morgan fingerprint density at radius 1 is 0.184 bits per heavy atom. The Hall–Kier alpha value is -10.4. The summed E-state index contributed by atoms with van der Waals surface area (Å²) in [7, 11) is 0. The Labute approximate surface area is 436 Å². The van der Waals surface area contributed by atoms with Crippen molar-refractivity contribution in [2.24, 2.45) is 0 Å². The SMILES string of the molecule is c1ccc(-c2ccc3c(c2)c2cc(-c4ccccc4)ccc2n3-c2ccc(-c3ccc4c(c3)c3ccccc3n4-c3nc(-n4c5ccccc5c5ccccc54)nc(-n4c5ccccc5c5ccccc54)n3)cc2)cc1. The van der Waals surface area contributed by atoms with E-state index in [4.69, 9.17) is 15.0 Å². The van der Waals surface area contributed by atoms with Gasteiger partial charge in [-0.05, 0) is 112 Å². The Kier molecular flexibility index (Phi) is 9.20. The molecule has 0 saturated heterocycles. The molecule has 0 unspecified atom stereocenters. The van der Waals surface area contributed by atoms with Gasteiger partial charge in [-0.1, -0.05) is 182 Å². The molecule has 0 N–H and O–H groups in total. The number of para-hydroxylation sites is 5. The quantitative estimate of drug-likeness (QED) is 0.160. The molecule has 7 heteroatoms. The van der Waals surface area contributed by atoms with Crippen LogP contribution in [0.1, 0.15) is 0 Å². The van der Waals surface area contributed by atoms with E-state index in [2.05, 4.69) is 279 Å². The van der Waals surface area contributed by atoms with E-state index >= 15 is 0 Å². The second-order valence-corrected chi connectivity index (χ2v) is 19.6. The summed E-state index contributed by atoms with van der Waals surface area (Å²) in [6.07, 6.45) is 0. The van der Waals surface area contributed by atoms with Crippen molar-refractivity contribution in [3.05, 3.63) is 261 Å². The number of nitrogens with zero attached hydrogens (tertiary/aromatic N) is 7. The zero-order chi connectivity index (χ0) is 49.8. The lowest BCUT2D eigenvalue weighted by Crippen LogP contribution is -2.13. The monoisotopic (exact) mass is 969 g/mol. The summed E-state index contributed by atoms with van der Waals surface area (Å²) in [6.45, 7) is 0. The predicted molar refractivity (Wildman–Crippen MR) is 313 cm³/mol. The summed E-state index contributed by atoms with van der Waals surface area (Å²) in [5.41, 5.74) is 16.6. The van der Waals surface area contributed by atoms with Gasteiger partial charge < -0.3 is 4.57 Å². The Bertz CT molecular complexity index is 4650. The van der Waals surface area contributed by atoms with E-state index < -0.39 is 0 Å². The van der Waals surface area contributed by atoms with Crippen LogP contribution in [0.4, 0.5) is 0 Å². The number of hydrogen-bond donors (Lipinski definition) is 0. The summed E-state index contributed by atoms with van der Waals surface area (Å²) in [4.78, 5) is 16.4. The van der Waals surface area contributed by atoms with E-state index in [1.54, 1.807) is 0 Å². The summed E-state index contributed by atoms with van der Waals surface area (Å²) in [6, 6.07) is 93.5. The van der Waals surface area contributed by atoms with Crippen molar-refractivity contribution in [1.29, 1.82) is 0 Å². The van der Waals surface area contributed by atoms with E-state index in [9.17, 15) is 0 Å². The van der Waals surface area contributed by atoms with Gasteiger partial charge in [-0.15, -0.1) is 0 Å². The largest absolute Gasteiger partial charge is 0.309 e. The fraction of sp³-hybridized carbons (Fsp3) is 0. The first-order chi connectivity index (χ1) is 37.7. The van der Waals surface area contributed by atoms with Crippen LogP contribution in [0.15, 0.2) is 261 Å². The Morgan fingerprint density at radius 2 is 0.434 bits per heavy atom. The van der Waals surface area contributed by atoms with Gasteiger partial charge >= 0.3 is 0 Å². The predicted octanol–water partition coefficient (Wildman–Crippen LogP) is 17.3. The third kappa shape index (κ3) is 6.39. The van der Waals surface area contributed by atoms with Crippen LogP contribution in [-0.2, 0) is 0 Å². The molecule has 0 bridgehead atoms. The van der Waals surface area contributed by atoms with Gasteiger partial charge in [0.25, 0.3) is 0 Å². The fourth-order valence-corrected chi connectivity index (χ4v) is 12.0. The molecule has 0 radical (unpaired) electrons. The first-order valence-electron chi connectivity index (χ1n) is 25.8. The third-order valence-corrected chi connectivity index (χ3v) is 15.5. The van der Waals surface area contributed by atoms with Crippen molar-refractivity contribution in [1.82, 2.24) is 33.2 Å². The maximum Gasteiger partial charge on any atom is 0.241 e. The van der Waals surface area contributed by atoms with Crippen LogP contribution < -0.4 is 0 Å². The van der Waals surface area contributed by atoms with Crippen LogP contribution in [0, 0.1) is 0 Å². The molecular weight excluding hydrogens is 927 g/mol. The van der Waals surface area contributed by atoms with Crippen molar-refractivity contribution in [3.8, 4) is 56.9 Å². The van der Waals surface area contributed by atoms with Gasteiger partial charge in [0.2, 0.25) is 17.8 Å². The average molecular weight is 970 g/mol. The number of rotatable bonds is 7. The number of fused-ring (bicyclic) bond motifs is 12. The average Bonchev–Trinajstić information content (AvgIpc) is 4.25. The maximum absolute atomic E-state index is 5.47. The minimum absolute atomic E-state index is 0.532. The highest BCUT2D eigenvalue weighted by Gasteiger charge is 2.23. The molecule has 16 rings (SSSR count). The summed E-state index contributed by atoms with van der Waals surface area (Å²) >= 11 is 0. The molecule has 354 valence electrons. The van der Waals surface area contributed by atoms with Crippen LogP contribution in [0.25, 0.3) is 144 Å². The highest BCUT2D eigenvalue weighted by atomic mass is 15.3. The molecule has 0 amide bonds. The summed E-state index contributed by atoms with van der Waals surface area (Å²) < 4.78 is 8.99. The maximum atomic E-state index is 5.47. The topological polar surface area (TPSA) is 58.4 Å². The number of aromatic nitrogens is 7. The molecule has 0 aliphatic rings. The highest BCUT2D eigenvalue weighted by molar-refractivity contribution is 6.13. The lowest BCUT2D eigenvalue weighted by atomic mass is 10.0. The standard InChI is InChI=1S/C69H43N7/c1-3-17-44(18-4-1)47-33-38-64-57(42-47)58-43-48(45-19-5-2-6-20-45)34-39-65(58)73(64)50-36-31-46(32-37-50)49-35-40-66-56(41-49)55-25-11-16-30-63(55)76(66)69-71-67(74-59-26-12-7-21-51(59)52-22-8-13-27-60(52)74)70-68(72-69)75-61-28-14-9-23-53(61)54-24-10-15-29-62(54)75/h1-43H. The van der Waals surface area contributed by atoms with Gasteiger partial charge in [0.05, 0.1) is 44.1 Å². The zero-order valence-corrected chi connectivity index (χ0v) is 41.0. The second kappa shape index (κ2) is 16.6. The van der Waals surface area contributed by atoms with Crippen molar-refractivity contribution in [2.45, 2.75) is 0 Å². The van der Waals surface area contributed by atoms with Crippen molar-refractivity contribution in [3.63, 3.8) is 0 Å². The van der Waals surface area contributed by atoms with E-state index in [1.807, 2.05) is 0 Å². The first kappa shape index (κ1) is 42.2. The van der Waals surface area contributed by atoms with Gasteiger partial charge in [-0.2, -0.15) is 15.0 Å². The smallest absolute Gasteiger partial charge is 0.241 e. The highest BCUT2D eigenvalue weighted by Crippen LogP contribution is 2.40. The van der Waals surface area contributed by atoms with Gasteiger partial charge in [0.1, 0.15) is 0 Å². The minimum Gasteiger partial charge on any atom is -0.309 e. The summed E-state index contributed by atoms with van der Waals surface area (Å²) in [5.74, 6) is 1.61. The summed E-state index contributed by atoms with van der Waals surface area (Å²) in [5, 5.41) is 9.23. The van der Waals surface area contributed by atoms with Crippen molar-refractivity contribution in [2.75, 3.05) is 0 Å². The van der Waals surface area contributed by atoms with E-state index in [0.29, 0.717) is 17.8 Å². The molecular formula is C69H43N7. The third-order valence-electron chi connectivity index (χ3n) is 15.5. The lowest BCUT2D eigenvalue weighted by molar-refractivity contribution is 0.848. The Morgan fingerprint density at radius 3 is 0.789 bits per heavy atom. The van der Waals surface area contributed by atoms with Crippen LogP contribution in [0.5, 0.6) is 0 Å². The Balaban J connectivity index is 0.860. The molecule has 0 fully saturated rings. The van der Waals surface area contributed by atoms with Crippen molar-refractivity contribution >= 4 is 87.2 Å². The van der Waals surface area contributed by atoms with E-state index in [1.165, 1.54) is 44.1 Å². The van der Waals surface area contributed by atoms with Gasteiger partial charge in [-0.25, -0.2) is 0 Å².